The van der Waals surface area contributed by atoms with Gasteiger partial charge in [0.25, 0.3) is 5.91 Å². The first-order chi connectivity index (χ1) is 11.6. The third-order valence-corrected chi connectivity index (χ3v) is 4.15. The number of benzene rings is 2. The molecule has 0 unspecified atom stereocenters. The zero-order valence-electron chi connectivity index (χ0n) is 13.2. The maximum Gasteiger partial charge on any atom is 0.253 e. The number of pyridine rings is 1. The van der Waals surface area contributed by atoms with E-state index in [1.807, 2.05) is 43.3 Å². The van der Waals surface area contributed by atoms with Gasteiger partial charge in [0.1, 0.15) is 0 Å². The second-order valence-corrected chi connectivity index (χ2v) is 5.99. The van der Waals surface area contributed by atoms with Crippen LogP contribution in [0.1, 0.15) is 33.1 Å². The van der Waals surface area contributed by atoms with Crippen molar-refractivity contribution in [3.8, 4) is 0 Å². The number of carbonyl (C=O) groups is 1. The van der Waals surface area contributed by atoms with Crippen molar-refractivity contribution in [1.82, 2.24) is 10.3 Å². The molecule has 0 aliphatic rings. The summed E-state index contributed by atoms with van der Waals surface area (Å²) in [6, 6.07) is 18.6. The van der Waals surface area contributed by atoms with E-state index in [1.54, 1.807) is 36.7 Å². The Morgan fingerprint density at radius 2 is 1.75 bits per heavy atom. The molecule has 0 aliphatic carbocycles. The summed E-state index contributed by atoms with van der Waals surface area (Å²) in [6.45, 7) is 2.03. The van der Waals surface area contributed by atoms with E-state index in [-0.39, 0.29) is 11.9 Å². The number of nitrogens with zero attached hydrogens (tertiary/aromatic N) is 1. The lowest BCUT2D eigenvalue weighted by Gasteiger charge is -2.20. The molecule has 1 N–H and O–H groups in total. The average molecular weight is 337 g/mol. The van der Waals surface area contributed by atoms with Crippen LogP contribution in [0.3, 0.4) is 0 Å². The molecule has 0 aliphatic heterocycles. The summed E-state index contributed by atoms with van der Waals surface area (Å²) >= 11 is 6.14. The maximum absolute atomic E-state index is 12.7. The highest BCUT2D eigenvalue weighted by atomic mass is 35.5. The van der Waals surface area contributed by atoms with Gasteiger partial charge in [-0.05, 0) is 36.2 Å². The summed E-state index contributed by atoms with van der Waals surface area (Å²) in [4.78, 5) is 16.8. The van der Waals surface area contributed by atoms with Crippen LogP contribution in [-0.4, -0.2) is 10.9 Å². The molecule has 0 spiro atoms. The number of aromatic nitrogens is 1. The number of aryl methyl sites for hydroxylation is 1. The fourth-order valence-corrected chi connectivity index (χ4v) is 2.74. The molecule has 3 nitrogen and oxygen atoms in total. The van der Waals surface area contributed by atoms with Crippen LogP contribution in [0.25, 0.3) is 0 Å². The molecule has 2 aromatic carbocycles. The van der Waals surface area contributed by atoms with E-state index in [0.29, 0.717) is 10.6 Å². The van der Waals surface area contributed by atoms with Gasteiger partial charge in [0.05, 0.1) is 16.6 Å². The number of carbonyl (C=O) groups excluding carboxylic acids is 1. The first-order valence-electron chi connectivity index (χ1n) is 7.67. The van der Waals surface area contributed by atoms with Crippen LogP contribution in [0.5, 0.6) is 0 Å². The normalized spacial score (nSPS) is 11.8. The monoisotopic (exact) mass is 336 g/mol. The summed E-state index contributed by atoms with van der Waals surface area (Å²) in [6.07, 6.45) is 3.48. The average Bonchev–Trinajstić information content (AvgIpc) is 2.61. The maximum atomic E-state index is 12.7. The van der Waals surface area contributed by atoms with Gasteiger partial charge in [-0.25, -0.2) is 0 Å². The van der Waals surface area contributed by atoms with Gasteiger partial charge in [0, 0.05) is 12.4 Å². The quantitative estimate of drug-likeness (QED) is 0.758. The van der Waals surface area contributed by atoms with Crippen molar-refractivity contribution in [3.63, 3.8) is 0 Å². The van der Waals surface area contributed by atoms with E-state index in [4.69, 9.17) is 11.6 Å². The smallest absolute Gasteiger partial charge is 0.253 e. The third-order valence-electron chi connectivity index (χ3n) is 3.82. The molecule has 0 bridgehead atoms. The first-order valence-corrected chi connectivity index (χ1v) is 8.05. The Morgan fingerprint density at radius 1 is 1.00 bits per heavy atom. The molecule has 0 radical (unpaired) electrons. The van der Waals surface area contributed by atoms with Crippen molar-refractivity contribution in [2.75, 3.05) is 0 Å². The van der Waals surface area contributed by atoms with Crippen LogP contribution in [0.15, 0.2) is 73.1 Å². The fraction of sp³-hybridized carbons (Fsp3) is 0.100. The number of hydrogen-bond acceptors (Lipinski definition) is 2. The van der Waals surface area contributed by atoms with Crippen molar-refractivity contribution >= 4 is 17.5 Å². The lowest BCUT2D eigenvalue weighted by Crippen LogP contribution is -2.29. The van der Waals surface area contributed by atoms with Crippen LogP contribution in [0, 0.1) is 6.92 Å². The van der Waals surface area contributed by atoms with Gasteiger partial charge in [0.2, 0.25) is 0 Å². The molecule has 0 fully saturated rings. The highest BCUT2D eigenvalue weighted by molar-refractivity contribution is 6.33. The Kier molecular flexibility index (Phi) is 4.92. The first kappa shape index (κ1) is 16.2. The third kappa shape index (κ3) is 3.63. The summed E-state index contributed by atoms with van der Waals surface area (Å²) in [5.41, 5.74) is 3.54. The minimum Gasteiger partial charge on any atom is -0.341 e. The molecule has 120 valence electrons. The van der Waals surface area contributed by atoms with Crippen molar-refractivity contribution < 1.29 is 4.79 Å². The van der Waals surface area contributed by atoms with Crippen molar-refractivity contribution in [1.29, 1.82) is 0 Å². The predicted molar refractivity (Wildman–Crippen MR) is 96.2 cm³/mol. The summed E-state index contributed by atoms with van der Waals surface area (Å²) in [7, 11) is 0. The minimum absolute atomic E-state index is 0.213. The topological polar surface area (TPSA) is 42.0 Å². The number of nitrogens with one attached hydrogen (secondary N) is 1. The zero-order chi connectivity index (χ0) is 16.9. The molecule has 0 saturated carbocycles. The predicted octanol–water partition coefficient (Wildman–Crippen LogP) is 4.56. The minimum atomic E-state index is -0.289. The van der Waals surface area contributed by atoms with Crippen LogP contribution >= 0.6 is 11.6 Å². The Bertz CT molecular complexity index is 832. The van der Waals surface area contributed by atoms with Crippen molar-refractivity contribution in [3.05, 3.63) is 100 Å². The number of amides is 1. The molecular weight excluding hydrogens is 320 g/mol. The highest BCUT2D eigenvalue weighted by Crippen LogP contribution is 2.23. The van der Waals surface area contributed by atoms with Crippen LogP contribution in [0.2, 0.25) is 5.02 Å². The lowest BCUT2D eigenvalue weighted by molar-refractivity contribution is 0.0943. The summed E-state index contributed by atoms with van der Waals surface area (Å²) in [5.74, 6) is -0.213. The molecule has 1 atom stereocenters. The number of rotatable bonds is 4. The SMILES string of the molecule is Cc1ccc([C@@H](NC(=O)c2ccccc2Cl)c2cccnc2)cc1. The second-order valence-electron chi connectivity index (χ2n) is 5.58. The van der Waals surface area contributed by atoms with Gasteiger partial charge >= 0.3 is 0 Å². The Balaban J connectivity index is 1.95. The van der Waals surface area contributed by atoms with Crippen LogP contribution < -0.4 is 5.32 Å². The second kappa shape index (κ2) is 7.28. The summed E-state index contributed by atoms with van der Waals surface area (Å²) in [5, 5.41) is 3.50. The van der Waals surface area contributed by atoms with E-state index in [9.17, 15) is 4.79 Å². The van der Waals surface area contributed by atoms with E-state index >= 15 is 0 Å². The Hall–Kier alpha value is -2.65. The van der Waals surface area contributed by atoms with Gasteiger partial charge in [-0.3, -0.25) is 9.78 Å². The largest absolute Gasteiger partial charge is 0.341 e. The fourth-order valence-electron chi connectivity index (χ4n) is 2.52. The van der Waals surface area contributed by atoms with Gasteiger partial charge < -0.3 is 5.32 Å². The van der Waals surface area contributed by atoms with E-state index in [0.717, 1.165) is 11.1 Å². The standard InChI is InChI=1S/C20H17ClN2O/c1-14-8-10-15(11-9-14)19(16-5-4-12-22-13-16)23-20(24)17-6-2-3-7-18(17)21/h2-13,19H,1H3,(H,23,24)/t19-/m1/s1. The van der Waals surface area contributed by atoms with E-state index < -0.39 is 0 Å². The molecule has 1 heterocycles. The van der Waals surface area contributed by atoms with E-state index in [1.165, 1.54) is 5.56 Å². The number of hydrogen-bond donors (Lipinski definition) is 1. The molecule has 3 rings (SSSR count). The molecule has 24 heavy (non-hydrogen) atoms. The molecule has 0 saturated heterocycles. The highest BCUT2D eigenvalue weighted by Gasteiger charge is 2.19. The number of halogens is 1. The zero-order valence-corrected chi connectivity index (χ0v) is 14.0. The molecular formula is C20H17ClN2O. The van der Waals surface area contributed by atoms with Gasteiger partial charge in [-0.2, -0.15) is 0 Å². The van der Waals surface area contributed by atoms with E-state index in [2.05, 4.69) is 10.3 Å². The summed E-state index contributed by atoms with van der Waals surface area (Å²) < 4.78 is 0. The molecule has 1 aromatic heterocycles. The van der Waals surface area contributed by atoms with Gasteiger partial charge in [-0.15, -0.1) is 0 Å². The van der Waals surface area contributed by atoms with Crippen molar-refractivity contribution in [2.45, 2.75) is 13.0 Å². The van der Waals surface area contributed by atoms with Crippen molar-refractivity contribution in [2.24, 2.45) is 0 Å². The van der Waals surface area contributed by atoms with Crippen LogP contribution in [-0.2, 0) is 0 Å². The molecule has 3 aromatic rings. The van der Waals surface area contributed by atoms with Gasteiger partial charge in [0.15, 0.2) is 0 Å². The Labute approximate surface area is 146 Å². The molecule has 1 amide bonds. The van der Waals surface area contributed by atoms with Crippen LogP contribution in [0.4, 0.5) is 0 Å². The molecule has 4 heteroatoms. The lowest BCUT2D eigenvalue weighted by atomic mass is 9.98. The Morgan fingerprint density at radius 3 is 2.42 bits per heavy atom. The van der Waals surface area contributed by atoms with Gasteiger partial charge in [-0.1, -0.05) is 59.6 Å².